The first-order chi connectivity index (χ1) is 16.0. The summed E-state index contributed by atoms with van der Waals surface area (Å²) in [6.45, 7) is 4.26. The van der Waals surface area contributed by atoms with E-state index >= 15 is 0 Å². The lowest BCUT2D eigenvalue weighted by molar-refractivity contribution is -0.0529. The number of nitrogens with one attached hydrogen (secondary N) is 1. The molecule has 0 saturated carbocycles. The van der Waals surface area contributed by atoms with Crippen molar-refractivity contribution in [3.05, 3.63) is 59.0 Å². The molecule has 1 N–H and O–H groups in total. The van der Waals surface area contributed by atoms with E-state index in [9.17, 15) is 8.42 Å². The molecule has 1 aromatic rings. The predicted molar refractivity (Wildman–Crippen MR) is 131 cm³/mol. The van der Waals surface area contributed by atoms with Crippen LogP contribution in [0.5, 0.6) is 0 Å². The molecule has 3 unspecified atom stereocenters. The van der Waals surface area contributed by atoms with Gasteiger partial charge >= 0.3 is 0 Å². The molecule has 9 heteroatoms. The van der Waals surface area contributed by atoms with Gasteiger partial charge in [-0.2, -0.15) is 4.31 Å². The third-order valence-corrected chi connectivity index (χ3v) is 9.43. The lowest BCUT2D eigenvalue weighted by Gasteiger charge is -2.40. The summed E-state index contributed by atoms with van der Waals surface area (Å²) in [6, 6.07) is 10.8. The number of thiocarbonyl (C=S) groups is 1. The first kappa shape index (κ1) is 23.3. The van der Waals surface area contributed by atoms with E-state index in [0.717, 1.165) is 13.0 Å². The number of ether oxygens (including phenoxy) is 2. The Labute approximate surface area is 201 Å². The largest absolute Gasteiger partial charge is 0.378 e. The Kier molecular flexibility index (Phi) is 7.08. The number of hydrogen-bond acceptors (Lipinski definition) is 7. The molecule has 4 atom stereocenters. The van der Waals surface area contributed by atoms with Crippen LogP contribution in [-0.4, -0.2) is 86.1 Å². The fourth-order valence-corrected chi connectivity index (χ4v) is 7.35. The lowest BCUT2D eigenvalue weighted by Crippen LogP contribution is -2.59. The van der Waals surface area contributed by atoms with Gasteiger partial charge in [0.25, 0.3) is 0 Å². The van der Waals surface area contributed by atoms with Crippen molar-refractivity contribution >= 4 is 27.1 Å². The van der Waals surface area contributed by atoms with Gasteiger partial charge in [-0.25, -0.2) is 8.42 Å². The van der Waals surface area contributed by atoms with Crippen molar-refractivity contribution in [1.29, 1.82) is 0 Å². The van der Waals surface area contributed by atoms with Gasteiger partial charge in [0.1, 0.15) is 0 Å². The van der Waals surface area contributed by atoms with Crippen LogP contribution in [0.4, 0.5) is 0 Å². The molecule has 178 valence electrons. The number of benzene rings is 1. The molecule has 0 aromatic heterocycles. The average Bonchev–Trinajstić information content (AvgIpc) is 3.00. The summed E-state index contributed by atoms with van der Waals surface area (Å²) >= 11 is 5.34. The third kappa shape index (κ3) is 5.00. The fourth-order valence-electron chi connectivity index (χ4n) is 5.26. The number of morpholine rings is 1. The molecule has 1 aromatic carbocycles. The second-order valence-corrected chi connectivity index (χ2v) is 11.5. The fraction of sp³-hybridized carbons (Fsp3) is 0.542. The van der Waals surface area contributed by atoms with Gasteiger partial charge in [-0.15, -0.1) is 0 Å². The van der Waals surface area contributed by atoms with Crippen LogP contribution in [0.2, 0.25) is 0 Å². The molecule has 0 spiro atoms. The van der Waals surface area contributed by atoms with Gasteiger partial charge in [-0.3, -0.25) is 4.90 Å². The van der Waals surface area contributed by atoms with Crippen LogP contribution < -0.4 is 5.32 Å². The minimum Gasteiger partial charge on any atom is -0.378 e. The van der Waals surface area contributed by atoms with Crippen molar-refractivity contribution in [2.75, 3.05) is 39.4 Å². The second-order valence-electron chi connectivity index (χ2n) is 9.13. The number of hydrogen-bond donors (Lipinski definition) is 1. The molecule has 4 aliphatic rings. The molecule has 1 aliphatic carbocycles. The molecule has 3 aliphatic heterocycles. The SMILES string of the molecule is O=S(=O)(C1=CC=CCC1=S)N1CCN[C@@H](CN2C3COCC2C(OCc2ccccc2)C3)C1. The normalized spacial score (nSPS) is 31.0. The standard InChI is InChI=1S/C24H31N3O4S2/c28-33(29,24-9-5-4-8-23(24)32)26-11-10-25-19(13-26)14-27-20-12-22(21(27)17-30-16-20)31-15-18-6-2-1-3-7-18/h1-7,9,19-22,25H,8,10-17H2/t19-,20?,21?,22?/m1/s1. The van der Waals surface area contributed by atoms with Gasteiger partial charge in [-0.05, 0) is 18.1 Å². The number of nitrogens with zero attached hydrogens (tertiary/aromatic N) is 2. The monoisotopic (exact) mass is 489 g/mol. The molecule has 5 rings (SSSR count). The summed E-state index contributed by atoms with van der Waals surface area (Å²) in [5, 5.41) is 3.53. The minimum absolute atomic E-state index is 0.0535. The predicted octanol–water partition coefficient (Wildman–Crippen LogP) is 1.86. The van der Waals surface area contributed by atoms with Crippen LogP contribution in [0, 0.1) is 0 Å². The maximum absolute atomic E-state index is 13.3. The van der Waals surface area contributed by atoms with E-state index < -0.39 is 10.0 Å². The quantitative estimate of drug-likeness (QED) is 0.587. The Bertz CT molecular complexity index is 1030. The van der Waals surface area contributed by atoms with Gasteiger partial charge in [0.05, 0.1) is 36.9 Å². The van der Waals surface area contributed by atoms with Gasteiger partial charge < -0.3 is 14.8 Å². The molecule has 0 amide bonds. The van der Waals surface area contributed by atoms with Crippen LogP contribution in [0.1, 0.15) is 18.4 Å². The van der Waals surface area contributed by atoms with Crippen LogP contribution in [0.25, 0.3) is 0 Å². The van der Waals surface area contributed by atoms with E-state index in [2.05, 4.69) is 22.3 Å². The molecule has 3 saturated heterocycles. The summed E-state index contributed by atoms with van der Waals surface area (Å²) in [7, 11) is -3.58. The number of allylic oxidation sites excluding steroid dienone is 4. The second kappa shape index (κ2) is 10.0. The van der Waals surface area contributed by atoms with E-state index in [-0.39, 0.29) is 23.1 Å². The van der Waals surface area contributed by atoms with E-state index in [0.29, 0.717) is 56.8 Å². The molecular weight excluding hydrogens is 458 g/mol. The van der Waals surface area contributed by atoms with E-state index in [1.54, 1.807) is 16.5 Å². The molecule has 7 nitrogen and oxygen atoms in total. The molecule has 2 bridgehead atoms. The number of piperazine rings is 1. The summed E-state index contributed by atoms with van der Waals surface area (Å²) in [4.78, 5) is 3.25. The Morgan fingerprint density at radius 1 is 1.21 bits per heavy atom. The van der Waals surface area contributed by atoms with Crippen LogP contribution in [0.3, 0.4) is 0 Å². The zero-order chi connectivity index (χ0) is 22.8. The summed E-state index contributed by atoms with van der Waals surface area (Å²) in [6.07, 6.45) is 6.89. The summed E-state index contributed by atoms with van der Waals surface area (Å²) < 4.78 is 40.3. The van der Waals surface area contributed by atoms with Crippen LogP contribution in [0.15, 0.2) is 53.5 Å². The van der Waals surface area contributed by atoms with Crippen molar-refractivity contribution in [3.63, 3.8) is 0 Å². The maximum Gasteiger partial charge on any atom is 0.244 e. The van der Waals surface area contributed by atoms with Crippen LogP contribution in [-0.2, 0) is 26.1 Å². The highest BCUT2D eigenvalue weighted by atomic mass is 32.2. The van der Waals surface area contributed by atoms with Crippen molar-refractivity contribution < 1.29 is 17.9 Å². The zero-order valence-corrected chi connectivity index (χ0v) is 20.3. The molecule has 0 radical (unpaired) electrons. The average molecular weight is 490 g/mol. The van der Waals surface area contributed by atoms with Crippen molar-refractivity contribution in [1.82, 2.24) is 14.5 Å². The minimum atomic E-state index is -3.58. The number of sulfonamides is 1. The Balaban J connectivity index is 1.23. The number of fused-ring (bicyclic) bond motifs is 2. The zero-order valence-electron chi connectivity index (χ0n) is 18.6. The van der Waals surface area contributed by atoms with Gasteiger partial charge in [0, 0.05) is 49.5 Å². The van der Waals surface area contributed by atoms with Crippen molar-refractivity contribution in [3.8, 4) is 0 Å². The molecular formula is C24H31N3O4S2. The molecule has 3 heterocycles. The highest BCUT2D eigenvalue weighted by Gasteiger charge is 2.46. The van der Waals surface area contributed by atoms with Gasteiger partial charge in [0.15, 0.2) is 0 Å². The van der Waals surface area contributed by atoms with Crippen molar-refractivity contribution in [2.24, 2.45) is 0 Å². The first-order valence-electron chi connectivity index (χ1n) is 11.6. The first-order valence-corrected chi connectivity index (χ1v) is 13.5. The number of rotatable bonds is 7. The summed E-state index contributed by atoms with van der Waals surface area (Å²) in [5.41, 5.74) is 1.17. The van der Waals surface area contributed by atoms with Gasteiger partial charge in [-0.1, -0.05) is 54.7 Å². The van der Waals surface area contributed by atoms with E-state index in [1.807, 2.05) is 24.3 Å². The Hall–Kier alpha value is -1.46. The van der Waals surface area contributed by atoms with Gasteiger partial charge in [0.2, 0.25) is 10.0 Å². The third-order valence-electron chi connectivity index (χ3n) is 6.96. The maximum atomic E-state index is 13.3. The Morgan fingerprint density at radius 3 is 2.88 bits per heavy atom. The van der Waals surface area contributed by atoms with E-state index in [1.165, 1.54) is 5.56 Å². The Morgan fingerprint density at radius 2 is 2.06 bits per heavy atom. The molecule has 3 fully saturated rings. The topological polar surface area (TPSA) is 71.1 Å². The molecule has 33 heavy (non-hydrogen) atoms. The van der Waals surface area contributed by atoms with E-state index in [4.69, 9.17) is 21.7 Å². The summed E-state index contributed by atoms with van der Waals surface area (Å²) in [5.74, 6) is 0. The van der Waals surface area contributed by atoms with Crippen molar-refractivity contribution in [2.45, 2.75) is 43.7 Å². The lowest BCUT2D eigenvalue weighted by atomic mass is 10.1. The highest BCUT2D eigenvalue weighted by Crippen LogP contribution is 2.32. The smallest absolute Gasteiger partial charge is 0.244 e. The van der Waals surface area contributed by atoms with Crippen LogP contribution >= 0.6 is 12.2 Å². The highest BCUT2D eigenvalue weighted by molar-refractivity contribution is 7.96.